The predicted octanol–water partition coefficient (Wildman–Crippen LogP) is -5.76. The fourth-order valence-electron chi connectivity index (χ4n) is 2.16. The summed E-state index contributed by atoms with van der Waals surface area (Å²) in [7, 11) is 0. The van der Waals surface area contributed by atoms with E-state index in [0.29, 0.717) is 0 Å². The van der Waals surface area contributed by atoms with Gasteiger partial charge in [0.1, 0.15) is 48.8 Å². The van der Waals surface area contributed by atoms with Gasteiger partial charge in [-0.3, -0.25) is 0 Å². The highest BCUT2D eigenvalue weighted by molar-refractivity contribution is 4.91. The first-order chi connectivity index (χ1) is 10.8. The van der Waals surface area contributed by atoms with Gasteiger partial charge >= 0.3 is 0 Å². The number of aliphatic hydroxyl groups excluding tert-OH is 9. The zero-order valence-electron chi connectivity index (χ0n) is 12.2. The molecule has 0 saturated carbocycles. The van der Waals surface area contributed by atoms with Crippen molar-refractivity contribution in [2.24, 2.45) is 0 Å². The van der Waals surface area contributed by atoms with Crippen molar-refractivity contribution in [1.29, 1.82) is 0 Å². The smallest absolute Gasteiger partial charge is 0.187 e. The maximum atomic E-state index is 9.83. The lowest BCUT2D eigenvalue weighted by Crippen LogP contribution is -2.61. The minimum Gasteiger partial charge on any atom is -0.394 e. The topological polar surface area (TPSA) is 201 Å². The van der Waals surface area contributed by atoms with E-state index >= 15 is 0 Å². The van der Waals surface area contributed by atoms with Crippen molar-refractivity contribution in [3.63, 3.8) is 0 Å². The molecule has 0 amide bonds. The molecule has 0 aromatic heterocycles. The van der Waals surface area contributed by atoms with Gasteiger partial charge in [0.25, 0.3) is 0 Å². The highest BCUT2D eigenvalue weighted by Crippen LogP contribution is 2.24. The van der Waals surface area contributed by atoms with Gasteiger partial charge in [-0.05, 0) is 0 Å². The second kappa shape index (κ2) is 9.15. The molecule has 1 aliphatic rings. The van der Waals surface area contributed by atoms with Gasteiger partial charge in [0.2, 0.25) is 0 Å². The zero-order chi connectivity index (χ0) is 17.7. The first-order valence-electron chi connectivity index (χ1n) is 7.00. The van der Waals surface area contributed by atoms with Crippen LogP contribution in [0.3, 0.4) is 0 Å². The Balaban J connectivity index is 2.89. The summed E-state index contributed by atoms with van der Waals surface area (Å²) in [5, 5.41) is 84.9. The van der Waals surface area contributed by atoms with Gasteiger partial charge in [0, 0.05) is 0 Å². The number of hydrogen-bond donors (Lipinski definition) is 9. The molecule has 9 N–H and O–H groups in total. The second-order valence-corrected chi connectivity index (χ2v) is 5.29. The maximum Gasteiger partial charge on any atom is 0.187 e. The molecule has 11 nitrogen and oxygen atoms in total. The number of rotatable bonds is 8. The molecule has 1 saturated heterocycles. The van der Waals surface area contributed by atoms with Crippen LogP contribution in [-0.2, 0) is 9.47 Å². The summed E-state index contributed by atoms with van der Waals surface area (Å²) in [5.41, 5.74) is 0. The quantitative estimate of drug-likeness (QED) is 0.203. The monoisotopic (exact) mass is 344 g/mol. The van der Waals surface area contributed by atoms with E-state index in [0.717, 1.165) is 0 Å². The van der Waals surface area contributed by atoms with Crippen LogP contribution in [0.25, 0.3) is 0 Å². The molecule has 0 aliphatic carbocycles. The summed E-state index contributed by atoms with van der Waals surface area (Å²) in [6.45, 7) is -2.45. The van der Waals surface area contributed by atoms with Crippen LogP contribution in [0.2, 0.25) is 0 Å². The lowest BCUT2D eigenvalue weighted by atomic mass is 9.98. The Morgan fingerprint density at radius 2 is 1.39 bits per heavy atom. The fraction of sp³-hybridized carbons (Fsp3) is 1.00. The van der Waals surface area contributed by atoms with Gasteiger partial charge in [-0.1, -0.05) is 0 Å². The summed E-state index contributed by atoms with van der Waals surface area (Å²) in [4.78, 5) is 0. The Labute approximate surface area is 131 Å². The van der Waals surface area contributed by atoms with Gasteiger partial charge < -0.3 is 55.4 Å². The van der Waals surface area contributed by atoms with Crippen LogP contribution in [0, 0.1) is 0 Å². The van der Waals surface area contributed by atoms with Crippen LogP contribution >= 0.6 is 0 Å². The Morgan fingerprint density at radius 3 is 1.87 bits per heavy atom. The molecular formula is C12H24O11. The van der Waals surface area contributed by atoms with E-state index in [4.69, 9.17) is 24.8 Å². The van der Waals surface area contributed by atoms with Crippen molar-refractivity contribution >= 4 is 0 Å². The molecule has 0 radical (unpaired) electrons. The first kappa shape index (κ1) is 20.6. The summed E-state index contributed by atoms with van der Waals surface area (Å²) in [5.74, 6) is 0. The number of hydrogen-bond acceptors (Lipinski definition) is 11. The van der Waals surface area contributed by atoms with Crippen molar-refractivity contribution in [2.75, 3.05) is 19.8 Å². The number of aliphatic hydroxyl groups is 9. The molecule has 0 spiro atoms. The van der Waals surface area contributed by atoms with Gasteiger partial charge in [0.05, 0.1) is 19.8 Å². The average Bonchev–Trinajstić information content (AvgIpc) is 2.57. The maximum absolute atomic E-state index is 9.83. The predicted molar refractivity (Wildman–Crippen MR) is 70.8 cm³/mol. The largest absolute Gasteiger partial charge is 0.394 e. The van der Waals surface area contributed by atoms with Crippen LogP contribution in [0.4, 0.5) is 0 Å². The van der Waals surface area contributed by atoms with E-state index < -0.39 is 74.9 Å². The molecular weight excluding hydrogens is 320 g/mol. The van der Waals surface area contributed by atoms with Crippen molar-refractivity contribution in [2.45, 2.75) is 55.1 Å². The standard InChI is InChI=1S/C12H24O11/c13-1-4(16)7(18)11(5(17)2-14)23-12-10(21)9(20)8(19)6(3-15)22-12/h4-21H,1-3H2/t4-,5+,6?,7+,8-,9?,10?,11+,12-/m0/s1. The summed E-state index contributed by atoms with van der Waals surface area (Å²) in [6, 6.07) is 0. The molecule has 1 aliphatic heterocycles. The molecule has 0 aromatic carbocycles. The lowest BCUT2D eigenvalue weighted by Gasteiger charge is -2.42. The summed E-state index contributed by atoms with van der Waals surface area (Å²) >= 11 is 0. The molecule has 0 bridgehead atoms. The van der Waals surface area contributed by atoms with Crippen molar-refractivity contribution in [1.82, 2.24) is 0 Å². The van der Waals surface area contributed by atoms with Crippen LogP contribution < -0.4 is 0 Å². The third-order valence-electron chi connectivity index (χ3n) is 3.62. The molecule has 23 heavy (non-hydrogen) atoms. The molecule has 1 rings (SSSR count). The Hall–Kier alpha value is -0.440. The zero-order valence-corrected chi connectivity index (χ0v) is 12.2. The van der Waals surface area contributed by atoms with Crippen molar-refractivity contribution in [3.8, 4) is 0 Å². The van der Waals surface area contributed by atoms with E-state index in [-0.39, 0.29) is 0 Å². The molecule has 11 heteroatoms. The van der Waals surface area contributed by atoms with E-state index in [9.17, 15) is 30.6 Å². The van der Waals surface area contributed by atoms with Gasteiger partial charge in [-0.2, -0.15) is 0 Å². The van der Waals surface area contributed by atoms with Gasteiger partial charge in [0.15, 0.2) is 6.29 Å². The van der Waals surface area contributed by atoms with Crippen molar-refractivity contribution in [3.05, 3.63) is 0 Å². The van der Waals surface area contributed by atoms with Crippen LogP contribution in [0.1, 0.15) is 0 Å². The van der Waals surface area contributed by atoms with Crippen LogP contribution in [-0.4, -0.2) is 121 Å². The van der Waals surface area contributed by atoms with E-state index in [2.05, 4.69) is 0 Å². The van der Waals surface area contributed by atoms with E-state index in [1.165, 1.54) is 0 Å². The van der Waals surface area contributed by atoms with Gasteiger partial charge in [-0.25, -0.2) is 0 Å². The molecule has 1 fully saturated rings. The highest BCUT2D eigenvalue weighted by Gasteiger charge is 2.46. The Kier molecular flexibility index (Phi) is 8.20. The highest BCUT2D eigenvalue weighted by atomic mass is 16.7. The van der Waals surface area contributed by atoms with E-state index in [1.807, 2.05) is 0 Å². The fourth-order valence-corrected chi connectivity index (χ4v) is 2.16. The first-order valence-corrected chi connectivity index (χ1v) is 7.00. The minimum atomic E-state index is -1.85. The van der Waals surface area contributed by atoms with Crippen molar-refractivity contribution < 1.29 is 55.4 Å². The minimum absolute atomic E-state index is 0.708. The van der Waals surface area contributed by atoms with Crippen LogP contribution in [0.5, 0.6) is 0 Å². The third-order valence-corrected chi connectivity index (χ3v) is 3.62. The summed E-state index contributed by atoms with van der Waals surface area (Å²) < 4.78 is 10.1. The van der Waals surface area contributed by atoms with Crippen LogP contribution in [0.15, 0.2) is 0 Å². The lowest BCUT2D eigenvalue weighted by molar-refractivity contribution is -0.327. The molecule has 138 valence electrons. The second-order valence-electron chi connectivity index (χ2n) is 5.29. The normalized spacial score (nSPS) is 37.2. The number of ether oxygens (including phenoxy) is 2. The van der Waals surface area contributed by atoms with Gasteiger partial charge in [-0.15, -0.1) is 0 Å². The molecule has 9 atom stereocenters. The Bertz CT molecular complexity index is 341. The third kappa shape index (κ3) is 4.78. The molecule has 1 heterocycles. The molecule has 0 aromatic rings. The van der Waals surface area contributed by atoms with E-state index in [1.54, 1.807) is 0 Å². The SMILES string of the molecule is OCC1O[C@@H](O[C@@H]([C@H](O)[C@@H](O)CO)[C@H](O)CO)C(O)C(O)[C@H]1O. The summed E-state index contributed by atoms with van der Waals surface area (Å²) in [6.07, 6.45) is -15.1. The molecule has 3 unspecified atom stereocenters. The average molecular weight is 344 g/mol. The Morgan fingerprint density at radius 1 is 0.826 bits per heavy atom.